The number of nitrogens with one attached hydrogen (secondary N) is 1. The van der Waals surface area contributed by atoms with Crippen LogP contribution in [0, 0.1) is 0 Å². The van der Waals surface area contributed by atoms with Gasteiger partial charge in [-0.1, -0.05) is 0 Å². The van der Waals surface area contributed by atoms with Crippen LogP contribution in [-0.4, -0.2) is 37.9 Å². The predicted octanol–water partition coefficient (Wildman–Crippen LogP) is 1.10. The van der Waals surface area contributed by atoms with Gasteiger partial charge in [0.25, 0.3) is 5.91 Å². The van der Waals surface area contributed by atoms with E-state index in [-0.39, 0.29) is 18.1 Å². The summed E-state index contributed by atoms with van der Waals surface area (Å²) in [7, 11) is 3.23. The highest BCUT2D eigenvalue weighted by Crippen LogP contribution is 2.22. The average molecular weight is 215 g/mol. The average Bonchev–Trinajstić information content (AvgIpc) is 2.65. The summed E-state index contributed by atoms with van der Waals surface area (Å²) in [5.74, 6) is -0.0704. The summed E-state index contributed by atoms with van der Waals surface area (Å²) in [5.41, 5.74) is -0.763. The van der Waals surface area contributed by atoms with Gasteiger partial charge in [0.2, 0.25) is 0 Å². The molecule has 1 N–H and O–H groups in total. The standard InChI is InChI=1S/C11H21NO3/c1-11(2,15-4)10(13)12-8-6-5-7-9(8)14-3/h8-9H,5-7H2,1-4H3,(H,12,13). The van der Waals surface area contributed by atoms with Crippen molar-refractivity contribution in [1.29, 1.82) is 0 Å². The third-order valence-electron chi connectivity index (χ3n) is 3.13. The van der Waals surface area contributed by atoms with E-state index in [9.17, 15) is 4.79 Å². The fourth-order valence-corrected chi connectivity index (χ4v) is 1.81. The number of methoxy groups -OCH3 is 2. The van der Waals surface area contributed by atoms with Crippen LogP contribution < -0.4 is 5.32 Å². The molecule has 0 aromatic rings. The van der Waals surface area contributed by atoms with Crippen LogP contribution in [0.4, 0.5) is 0 Å². The number of ether oxygens (including phenoxy) is 2. The third-order valence-corrected chi connectivity index (χ3v) is 3.13. The van der Waals surface area contributed by atoms with Crippen molar-refractivity contribution >= 4 is 5.91 Å². The fourth-order valence-electron chi connectivity index (χ4n) is 1.81. The zero-order valence-corrected chi connectivity index (χ0v) is 10.0. The molecule has 0 bridgehead atoms. The first-order valence-electron chi connectivity index (χ1n) is 5.40. The minimum absolute atomic E-state index is 0.0704. The Morgan fingerprint density at radius 1 is 1.33 bits per heavy atom. The first-order valence-corrected chi connectivity index (χ1v) is 5.40. The molecule has 1 fully saturated rings. The first-order chi connectivity index (χ1) is 7.01. The number of rotatable bonds is 4. The van der Waals surface area contributed by atoms with E-state index in [1.165, 1.54) is 0 Å². The summed E-state index contributed by atoms with van der Waals surface area (Å²) in [4.78, 5) is 11.8. The van der Waals surface area contributed by atoms with Gasteiger partial charge in [0, 0.05) is 14.2 Å². The van der Waals surface area contributed by atoms with Gasteiger partial charge >= 0.3 is 0 Å². The molecule has 2 unspecified atom stereocenters. The fraction of sp³-hybridized carbons (Fsp3) is 0.909. The largest absolute Gasteiger partial charge is 0.379 e. The van der Waals surface area contributed by atoms with Crippen LogP contribution in [0.3, 0.4) is 0 Å². The Kier molecular flexibility index (Phi) is 4.11. The van der Waals surface area contributed by atoms with Gasteiger partial charge in [-0.25, -0.2) is 0 Å². The van der Waals surface area contributed by atoms with E-state index in [2.05, 4.69) is 5.32 Å². The van der Waals surface area contributed by atoms with Gasteiger partial charge in [-0.15, -0.1) is 0 Å². The third kappa shape index (κ3) is 2.92. The number of amides is 1. The van der Waals surface area contributed by atoms with Crippen LogP contribution in [0.2, 0.25) is 0 Å². The van der Waals surface area contributed by atoms with E-state index < -0.39 is 5.60 Å². The van der Waals surface area contributed by atoms with Crippen molar-refractivity contribution in [2.24, 2.45) is 0 Å². The van der Waals surface area contributed by atoms with Crippen molar-refractivity contribution in [3.8, 4) is 0 Å². The molecule has 88 valence electrons. The Morgan fingerprint density at radius 3 is 2.53 bits per heavy atom. The van der Waals surface area contributed by atoms with Crippen molar-refractivity contribution in [1.82, 2.24) is 5.32 Å². The van der Waals surface area contributed by atoms with Gasteiger partial charge in [0.1, 0.15) is 5.60 Å². The number of hydrogen-bond donors (Lipinski definition) is 1. The lowest BCUT2D eigenvalue weighted by molar-refractivity contribution is -0.141. The van der Waals surface area contributed by atoms with Gasteiger partial charge in [-0.2, -0.15) is 0 Å². The van der Waals surface area contributed by atoms with Gasteiger partial charge in [-0.05, 0) is 33.1 Å². The lowest BCUT2D eigenvalue weighted by atomic mass is 10.1. The number of hydrogen-bond acceptors (Lipinski definition) is 3. The van der Waals surface area contributed by atoms with Crippen LogP contribution in [0.5, 0.6) is 0 Å². The molecule has 1 amide bonds. The topological polar surface area (TPSA) is 47.6 Å². The molecule has 4 heteroatoms. The molecule has 1 rings (SSSR count). The summed E-state index contributed by atoms with van der Waals surface area (Å²) in [6.45, 7) is 3.53. The van der Waals surface area contributed by atoms with Crippen LogP contribution in [0.25, 0.3) is 0 Å². The molecular weight excluding hydrogens is 194 g/mol. The summed E-state index contributed by atoms with van der Waals surface area (Å²) in [6.07, 6.45) is 3.28. The highest BCUT2D eigenvalue weighted by Gasteiger charge is 2.33. The molecule has 4 nitrogen and oxygen atoms in total. The van der Waals surface area contributed by atoms with Crippen LogP contribution in [0.1, 0.15) is 33.1 Å². The molecule has 0 aromatic heterocycles. The molecule has 0 aromatic carbocycles. The Morgan fingerprint density at radius 2 is 2.00 bits per heavy atom. The highest BCUT2D eigenvalue weighted by molar-refractivity contribution is 5.84. The van der Waals surface area contributed by atoms with Crippen molar-refractivity contribution in [3.63, 3.8) is 0 Å². The predicted molar refractivity (Wildman–Crippen MR) is 57.7 cm³/mol. The summed E-state index contributed by atoms with van der Waals surface area (Å²) >= 11 is 0. The van der Waals surface area contributed by atoms with Gasteiger partial charge in [0.15, 0.2) is 0 Å². The summed E-state index contributed by atoms with van der Waals surface area (Å²) in [6, 6.07) is 0.136. The minimum atomic E-state index is -0.763. The second-order valence-corrected chi connectivity index (χ2v) is 4.50. The van der Waals surface area contributed by atoms with Crippen molar-refractivity contribution in [2.45, 2.75) is 50.9 Å². The Hall–Kier alpha value is -0.610. The molecule has 15 heavy (non-hydrogen) atoms. The maximum atomic E-state index is 11.8. The Labute approximate surface area is 91.3 Å². The minimum Gasteiger partial charge on any atom is -0.379 e. The van der Waals surface area contributed by atoms with E-state index in [1.54, 1.807) is 28.1 Å². The quantitative estimate of drug-likeness (QED) is 0.763. The van der Waals surface area contributed by atoms with E-state index in [0.29, 0.717) is 0 Å². The molecule has 0 radical (unpaired) electrons. The van der Waals surface area contributed by atoms with Crippen molar-refractivity contribution in [2.75, 3.05) is 14.2 Å². The first kappa shape index (κ1) is 12.5. The summed E-state index contributed by atoms with van der Waals surface area (Å²) < 4.78 is 10.4. The second kappa shape index (κ2) is 4.94. The van der Waals surface area contributed by atoms with Crippen molar-refractivity contribution < 1.29 is 14.3 Å². The smallest absolute Gasteiger partial charge is 0.251 e. The normalized spacial score (nSPS) is 26.7. The molecular formula is C11H21NO3. The molecule has 0 saturated heterocycles. The number of carbonyl (C=O) groups is 1. The van der Waals surface area contributed by atoms with E-state index in [1.807, 2.05) is 0 Å². The van der Waals surface area contributed by atoms with E-state index in [4.69, 9.17) is 9.47 Å². The second-order valence-electron chi connectivity index (χ2n) is 4.50. The SMILES string of the molecule is COC1CCCC1NC(=O)C(C)(C)OC. The van der Waals surface area contributed by atoms with Gasteiger partial charge < -0.3 is 14.8 Å². The number of carbonyl (C=O) groups excluding carboxylic acids is 1. The van der Waals surface area contributed by atoms with Crippen molar-refractivity contribution in [3.05, 3.63) is 0 Å². The molecule has 1 aliphatic carbocycles. The van der Waals surface area contributed by atoms with E-state index in [0.717, 1.165) is 19.3 Å². The highest BCUT2D eigenvalue weighted by atomic mass is 16.5. The van der Waals surface area contributed by atoms with E-state index >= 15 is 0 Å². The molecule has 0 aliphatic heterocycles. The Balaban J connectivity index is 2.51. The molecule has 1 saturated carbocycles. The van der Waals surface area contributed by atoms with Crippen LogP contribution in [0.15, 0.2) is 0 Å². The molecule has 0 heterocycles. The molecule has 0 spiro atoms. The lowest BCUT2D eigenvalue weighted by Crippen LogP contribution is -2.50. The zero-order chi connectivity index (χ0) is 11.5. The summed E-state index contributed by atoms with van der Waals surface area (Å²) in [5, 5.41) is 2.98. The zero-order valence-electron chi connectivity index (χ0n) is 10.0. The van der Waals surface area contributed by atoms with Gasteiger partial charge in [0.05, 0.1) is 12.1 Å². The lowest BCUT2D eigenvalue weighted by Gasteiger charge is -2.26. The monoisotopic (exact) mass is 215 g/mol. The van der Waals surface area contributed by atoms with Crippen LogP contribution >= 0.6 is 0 Å². The maximum absolute atomic E-state index is 11.8. The van der Waals surface area contributed by atoms with Crippen LogP contribution in [-0.2, 0) is 14.3 Å². The Bertz CT molecular complexity index is 228. The molecule has 1 aliphatic rings. The van der Waals surface area contributed by atoms with Gasteiger partial charge in [-0.3, -0.25) is 4.79 Å². The molecule has 2 atom stereocenters. The maximum Gasteiger partial charge on any atom is 0.251 e.